The van der Waals surface area contributed by atoms with Gasteiger partial charge in [0.05, 0.1) is 0 Å². The van der Waals surface area contributed by atoms with Crippen molar-refractivity contribution >= 4 is 11.8 Å². The zero-order valence-corrected chi connectivity index (χ0v) is 10.5. The van der Waals surface area contributed by atoms with Crippen molar-refractivity contribution in [2.45, 2.75) is 39.5 Å². The van der Waals surface area contributed by atoms with E-state index in [-0.39, 0.29) is 0 Å². The van der Waals surface area contributed by atoms with Gasteiger partial charge in [-0.25, -0.2) is 0 Å². The van der Waals surface area contributed by atoms with Crippen LogP contribution in [0.15, 0.2) is 0 Å². The van der Waals surface area contributed by atoms with Crippen molar-refractivity contribution in [3.8, 4) is 0 Å². The first-order valence-corrected chi connectivity index (χ1v) is 7.23. The average Bonchev–Trinajstić information content (AvgIpc) is 2.63. The van der Waals surface area contributed by atoms with Crippen LogP contribution in [0, 0.1) is 11.8 Å². The fourth-order valence-corrected chi connectivity index (χ4v) is 3.14. The standard InChI is InChI=1S/C12H25NS/c1-11(2)5-3-4-7-13-9-12-6-8-14-10-12/h11-13H,3-10H2,1-2H3. The van der Waals surface area contributed by atoms with E-state index in [0.717, 1.165) is 11.8 Å². The van der Waals surface area contributed by atoms with E-state index in [2.05, 4.69) is 30.9 Å². The maximum atomic E-state index is 3.59. The molecule has 0 amide bonds. The van der Waals surface area contributed by atoms with E-state index in [9.17, 15) is 0 Å². The molecule has 1 saturated heterocycles. The quantitative estimate of drug-likeness (QED) is 0.655. The molecule has 0 aromatic rings. The Hall–Kier alpha value is 0.310. The first-order valence-electron chi connectivity index (χ1n) is 6.07. The second-order valence-electron chi connectivity index (χ2n) is 4.82. The van der Waals surface area contributed by atoms with Crippen LogP contribution >= 0.6 is 11.8 Å². The van der Waals surface area contributed by atoms with Crippen LogP contribution in [0.4, 0.5) is 0 Å². The Balaban J connectivity index is 1.79. The molecule has 0 spiro atoms. The second-order valence-corrected chi connectivity index (χ2v) is 5.97. The van der Waals surface area contributed by atoms with Gasteiger partial charge in [-0.15, -0.1) is 0 Å². The van der Waals surface area contributed by atoms with Crippen molar-refractivity contribution < 1.29 is 0 Å². The van der Waals surface area contributed by atoms with Crippen LogP contribution in [-0.2, 0) is 0 Å². The number of unbranched alkanes of at least 4 members (excludes halogenated alkanes) is 1. The van der Waals surface area contributed by atoms with Gasteiger partial charge in [-0.3, -0.25) is 0 Å². The lowest BCUT2D eigenvalue weighted by Crippen LogP contribution is -2.23. The van der Waals surface area contributed by atoms with Crippen LogP contribution in [0.1, 0.15) is 39.5 Å². The van der Waals surface area contributed by atoms with Crippen LogP contribution in [-0.4, -0.2) is 24.6 Å². The van der Waals surface area contributed by atoms with E-state index in [4.69, 9.17) is 0 Å². The predicted octanol–water partition coefficient (Wildman–Crippen LogP) is 3.16. The summed E-state index contributed by atoms with van der Waals surface area (Å²) in [4.78, 5) is 0. The topological polar surface area (TPSA) is 12.0 Å². The molecule has 1 N–H and O–H groups in total. The smallest absolute Gasteiger partial charge is 0.00123 e. The molecule has 14 heavy (non-hydrogen) atoms. The van der Waals surface area contributed by atoms with Gasteiger partial charge >= 0.3 is 0 Å². The lowest BCUT2D eigenvalue weighted by molar-refractivity contribution is 0.487. The molecule has 1 aliphatic rings. The maximum absolute atomic E-state index is 3.59. The SMILES string of the molecule is CC(C)CCCCNCC1CCSC1. The average molecular weight is 215 g/mol. The summed E-state index contributed by atoms with van der Waals surface area (Å²) in [6, 6.07) is 0. The molecule has 0 aliphatic carbocycles. The molecule has 0 bridgehead atoms. The predicted molar refractivity (Wildman–Crippen MR) is 67.0 cm³/mol. The number of nitrogens with one attached hydrogen (secondary N) is 1. The fraction of sp³-hybridized carbons (Fsp3) is 1.00. The summed E-state index contributed by atoms with van der Waals surface area (Å²) in [5, 5.41) is 3.59. The van der Waals surface area contributed by atoms with Crippen LogP contribution in [0.5, 0.6) is 0 Å². The van der Waals surface area contributed by atoms with Gasteiger partial charge in [-0.2, -0.15) is 11.8 Å². The summed E-state index contributed by atoms with van der Waals surface area (Å²) in [5.74, 6) is 4.62. The first-order chi connectivity index (χ1) is 6.79. The normalized spacial score (nSPS) is 22.1. The van der Waals surface area contributed by atoms with Gasteiger partial charge in [-0.05, 0) is 49.3 Å². The van der Waals surface area contributed by atoms with E-state index in [0.29, 0.717) is 0 Å². The van der Waals surface area contributed by atoms with Crippen molar-refractivity contribution in [2.75, 3.05) is 24.6 Å². The highest BCUT2D eigenvalue weighted by Gasteiger charge is 2.14. The van der Waals surface area contributed by atoms with Gasteiger partial charge in [0.2, 0.25) is 0 Å². The Labute approximate surface area is 93.4 Å². The van der Waals surface area contributed by atoms with E-state index < -0.39 is 0 Å². The molecular weight excluding hydrogens is 190 g/mol. The molecule has 84 valence electrons. The largest absolute Gasteiger partial charge is 0.316 e. The minimum absolute atomic E-state index is 0.876. The highest BCUT2D eigenvalue weighted by atomic mass is 32.2. The molecule has 0 aromatic heterocycles. The lowest BCUT2D eigenvalue weighted by atomic mass is 10.1. The molecule has 1 atom stereocenters. The van der Waals surface area contributed by atoms with Gasteiger partial charge in [0, 0.05) is 0 Å². The zero-order chi connectivity index (χ0) is 10.2. The summed E-state index contributed by atoms with van der Waals surface area (Å²) in [5.41, 5.74) is 0. The number of rotatable bonds is 7. The Morgan fingerprint density at radius 2 is 2.21 bits per heavy atom. The van der Waals surface area contributed by atoms with E-state index in [1.165, 1.54) is 50.3 Å². The molecule has 0 saturated carbocycles. The van der Waals surface area contributed by atoms with E-state index in [1.807, 2.05) is 0 Å². The molecule has 1 fully saturated rings. The molecule has 0 aromatic carbocycles. The van der Waals surface area contributed by atoms with Gasteiger partial charge in [0.15, 0.2) is 0 Å². The van der Waals surface area contributed by atoms with Crippen molar-refractivity contribution in [3.63, 3.8) is 0 Å². The maximum Gasteiger partial charge on any atom is -0.00123 e. The Kier molecular flexibility index (Phi) is 6.70. The monoisotopic (exact) mass is 215 g/mol. The molecular formula is C12H25NS. The Morgan fingerprint density at radius 1 is 1.36 bits per heavy atom. The minimum Gasteiger partial charge on any atom is -0.316 e. The second kappa shape index (κ2) is 7.58. The van der Waals surface area contributed by atoms with Gasteiger partial charge in [0.25, 0.3) is 0 Å². The lowest BCUT2D eigenvalue weighted by Gasteiger charge is -2.10. The van der Waals surface area contributed by atoms with Crippen LogP contribution in [0.2, 0.25) is 0 Å². The van der Waals surface area contributed by atoms with Crippen LogP contribution < -0.4 is 5.32 Å². The van der Waals surface area contributed by atoms with Crippen molar-refractivity contribution in [1.82, 2.24) is 5.32 Å². The highest BCUT2D eigenvalue weighted by molar-refractivity contribution is 7.99. The molecule has 0 radical (unpaired) electrons. The van der Waals surface area contributed by atoms with Gasteiger partial charge in [-0.1, -0.05) is 26.7 Å². The first kappa shape index (κ1) is 12.4. The Bertz CT molecular complexity index is 130. The summed E-state index contributed by atoms with van der Waals surface area (Å²) >= 11 is 2.11. The molecule has 2 heteroatoms. The molecule has 1 heterocycles. The minimum atomic E-state index is 0.876. The van der Waals surface area contributed by atoms with Crippen LogP contribution in [0.3, 0.4) is 0 Å². The third-order valence-corrected chi connectivity index (χ3v) is 4.07. The summed E-state index contributed by atoms with van der Waals surface area (Å²) in [6.07, 6.45) is 5.58. The van der Waals surface area contributed by atoms with Crippen molar-refractivity contribution in [3.05, 3.63) is 0 Å². The van der Waals surface area contributed by atoms with Crippen molar-refractivity contribution in [2.24, 2.45) is 11.8 Å². The third-order valence-electron chi connectivity index (χ3n) is 2.84. The van der Waals surface area contributed by atoms with E-state index in [1.54, 1.807) is 0 Å². The Morgan fingerprint density at radius 3 is 2.86 bits per heavy atom. The number of thioether (sulfide) groups is 1. The fourth-order valence-electron chi connectivity index (χ4n) is 1.85. The van der Waals surface area contributed by atoms with Crippen molar-refractivity contribution in [1.29, 1.82) is 0 Å². The zero-order valence-electron chi connectivity index (χ0n) is 9.72. The third kappa shape index (κ3) is 5.92. The summed E-state index contributed by atoms with van der Waals surface area (Å²) in [6.45, 7) is 7.11. The van der Waals surface area contributed by atoms with Gasteiger partial charge in [0.1, 0.15) is 0 Å². The highest BCUT2D eigenvalue weighted by Crippen LogP contribution is 2.22. The molecule has 1 unspecified atom stereocenters. The molecule has 1 nitrogen and oxygen atoms in total. The summed E-state index contributed by atoms with van der Waals surface area (Å²) < 4.78 is 0. The number of hydrogen-bond acceptors (Lipinski definition) is 2. The number of hydrogen-bond donors (Lipinski definition) is 1. The van der Waals surface area contributed by atoms with Crippen LogP contribution in [0.25, 0.3) is 0 Å². The molecule has 1 aliphatic heterocycles. The molecule has 1 rings (SSSR count). The van der Waals surface area contributed by atoms with Gasteiger partial charge < -0.3 is 5.32 Å². The van der Waals surface area contributed by atoms with E-state index >= 15 is 0 Å². The summed E-state index contributed by atoms with van der Waals surface area (Å²) in [7, 11) is 0.